The third-order valence-electron chi connectivity index (χ3n) is 5.62. The summed E-state index contributed by atoms with van der Waals surface area (Å²) in [6.07, 6.45) is 2.29. The predicted octanol–water partition coefficient (Wildman–Crippen LogP) is 4.45. The number of rotatable bonds is 7. The molecule has 31 heavy (non-hydrogen) atoms. The molecule has 0 aromatic heterocycles. The van der Waals surface area contributed by atoms with Gasteiger partial charge in [-0.2, -0.15) is 0 Å². The van der Waals surface area contributed by atoms with Crippen LogP contribution in [0.2, 0.25) is 0 Å². The van der Waals surface area contributed by atoms with Gasteiger partial charge in [-0.25, -0.2) is 8.42 Å². The summed E-state index contributed by atoms with van der Waals surface area (Å²) in [6.45, 7) is 6.57. The highest BCUT2D eigenvalue weighted by Gasteiger charge is 2.28. The minimum Gasteiger partial charge on any atom is -0.497 e. The Bertz CT molecular complexity index is 1020. The molecule has 1 fully saturated rings. The van der Waals surface area contributed by atoms with Crippen LogP contribution >= 0.6 is 0 Å². The Morgan fingerprint density at radius 3 is 2.45 bits per heavy atom. The van der Waals surface area contributed by atoms with Crippen molar-refractivity contribution in [2.75, 3.05) is 23.7 Å². The Balaban J connectivity index is 1.86. The van der Waals surface area contributed by atoms with E-state index in [4.69, 9.17) is 4.74 Å². The van der Waals surface area contributed by atoms with Gasteiger partial charge in [0.25, 0.3) is 5.91 Å². The van der Waals surface area contributed by atoms with Crippen LogP contribution < -0.4 is 14.4 Å². The first-order valence-corrected chi connectivity index (χ1v) is 12.4. The van der Waals surface area contributed by atoms with Crippen LogP contribution in [0.3, 0.4) is 0 Å². The van der Waals surface area contributed by atoms with Gasteiger partial charge in [0.05, 0.1) is 24.6 Å². The van der Waals surface area contributed by atoms with E-state index >= 15 is 0 Å². The van der Waals surface area contributed by atoms with E-state index in [1.165, 1.54) is 4.31 Å². The van der Waals surface area contributed by atoms with Gasteiger partial charge in [-0.05, 0) is 67.5 Å². The number of carbonyl (C=O) groups is 1. The third kappa shape index (κ3) is 5.58. The van der Waals surface area contributed by atoms with Crippen molar-refractivity contribution >= 4 is 21.6 Å². The van der Waals surface area contributed by atoms with Crippen molar-refractivity contribution in [2.24, 2.45) is 5.92 Å². The van der Waals surface area contributed by atoms with Crippen LogP contribution in [0.5, 0.6) is 5.75 Å². The molecule has 3 rings (SSSR count). The van der Waals surface area contributed by atoms with Crippen molar-refractivity contribution in [3.63, 3.8) is 0 Å². The Morgan fingerprint density at radius 1 is 1.13 bits per heavy atom. The highest BCUT2D eigenvalue weighted by molar-refractivity contribution is 7.92. The second kappa shape index (κ2) is 9.73. The molecule has 1 N–H and O–H groups in total. The number of amides is 1. The van der Waals surface area contributed by atoms with Crippen LogP contribution in [-0.4, -0.2) is 33.7 Å². The number of hydrogen-bond acceptors (Lipinski definition) is 4. The average Bonchev–Trinajstić information content (AvgIpc) is 2.73. The summed E-state index contributed by atoms with van der Waals surface area (Å²) in [7, 11) is -1.72. The molecule has 6 nitrogen and oxygen atoms in total. The molecule has 0 spiro atoms. The Hall–Kier alpha value is -2.54. The largest absolute Gasteiger partial charge is 0.497 e. The molecule has 0 bridgehead atoms. The second-order valence-corrected chi connectivity index (χ2v) is 10.5. The van der Waals surface area contributed by atoms with Gasteiger partial charge in [0, 0.05) is 12.1 Å². The number of sulfonamides is 1. The zero-order valence-corrected chi connectivity index (χ0v) is 19.5. The molecule has 7 heteroatoms. The monoisotopic (exact) mass is 444 g/mol. The third-order valence-corrected chi connectivity index (χ3v) is 7.48. The van der Waals surface area contributed by atoms with E-state index in [1.807, 2.05) is 37.3 Å². The molecule has 1 heterocycles. The molecule has 0 unspecified atom stereocenters. The molecule has 1 aliphatic rings. The first kappa shape index (κ1) is 23.1. The maximum atomic E-state index is 13.1. The molecule has 0 saturated carbocycles. The fourth-order valence-electron chi connectivity index (χ4n) is 3.91. The first-order valence-electron chi connectivity index (χ1n) is 10.8. The normalized spacial score (nSPS) is 16.7. The number of aryl methyl sites for hydroxylation is 1. The maximum absolute atomic E-state index is 13.1. The van der Waals surface area contributed by atoms with Gasteiger partial charge in [-0.1, -0.05) is 32.0 Å². The number of hydrogen-bond donors (Lipinski definition) is 1. The predicted molar refractivity (Wildman–Crippen MR) is 124 cm³/mol. The minimum atomic E-state index is -3.34. The molecule has 1 amide bonds. The number of anilines is 1. The van der Waals surface area contributed by atoms with Crippen molar-refractivity contribution in [2.45, 2.75) is 46.1 Å². The van der Waals surface area contributed by atoms with Gasteiger partial charge in [0.2, 0.25) is 10.0 Å². The summed E-state index contributed by atoms with van der Waals surface area (Å²) in [5.41, 5.74) is 2.91. The van der Waals surface area contributed by atoms with Gasteiger partial charge >= 0.3 is 0 Å². The van der Waals surface area contributed by atoms with Crippen LogP contribution in [0.1, 0.15) is 60.6 Å². The fraction of sp³-hybridized carbons (Fsp3) is 0.458. The summed E-state index contributed by atoms with van der Waals surface area (Å²) in [6, 6.07) is 12.8. The van der Waals surface area contributed by atoms with E-state index in [0.717, 1.165) is 29.7 Å². The molecular formula is C24H32N2O4S. The number of nitrogens with zero attached hydrogens (tertiary/aromatic N) is 1. The molecular weight excluding hydrogens is 412 g/mol. The number of nitrogens with one attached hydrogen (secondary N) is 1. The second-order valence-electron chi connectivity index (χ2n) is 8.53. The highest BCUT2D eigenvalue weighted by Crippen LogP contribution is 2.29. The molecule has 1 aliphatic heterocycles. The van der Waals surface area contributed by atoms with E-state index in [2.05, 4.69) is 19.2 Å². The van der Waals surface area contributed by atoms with Crippen LogP contribution in [0, 0.1) is 12.8 Å². The molecule has 1 saturated heterocycles. The lowest BCUT2D eigenvalue weighted by Gasteiger charge is -2.30. The molecule has 0 aliphatic carbocycles. The number of carbonyl (C=O) groups excluding carboxylic acids is 1. The molecule has 2 aromatic carbocycles. The van der Waals surface area contributed by atoms with E-state index in [0.29, 0.717) is 30.1 Å². The lowest BCUT2D eigenvalue weighted by atomic mass is 9.96. The lowest BCUT2D eigenvalue weighted by molar-refractivity contribution is 0.0932. The fourth-order valence-corrected chi connectivity index (χ4v) is 5.60. The van der Waals surface area contributed by atoms with E-state index in [1.54, 1.807) is 19.2 Å². The van der Waals surface area contributed by atoms with E-state index in [9.17, 15) is 13.2 Å². The number of benzene rings is 2. The van der Waals surface area contributed by atoms with Crippen LogP contribution in [0.15, 0.2) is 42.5 Å². The topological polar surface area (TPSA) is 75.7 Å². The van der Waals surface area contributed by atoms with E-state index < -0.39 is 10.0 Å². The van der Waals surface area contributed by atoms with Gasteiger partial charge in [0.15, 0.2) is 0 Å². The van der Waals surface area contributed by atoms with Gasteiger partial charge in [-0.3, -0.25) is 9.10 Å². The Morgan fingerprint density at radius 2 is 1.84 bits per heavy atom. The van der Waals surface area contributed by atoms with Crippen molar-refractivity contribution in [1.29, 1.82) is 0 Å². The van der Waals surface area contributed by atoms with Crippen LogP contribution in [-0.2, 0) is 10.0 Å². The highest BCUT2D eigenvalue weighted by atomic mass is 32.2. The summed E-state index contributed by atoms with van der Waals surface area (Å²) in [5.74, 6) is 1.09. The van der Waals surface area contributed by atoms with Crippen molar-refractivity contribution < 1.29 is 17.9 Å². The van der Waals surface area contributed by atoms with Gasteiger partial charge in [0.1, 0.15) is 5.75 Å². The van der Waals surface area contributed by atoms with Crippen LogP contribution in [0.4, 0.5) is 5.69 Å². The zero-order chi connectivity index (χ0) is 22.6. The molecule has 0 radical (unpaired) electrons. The van der Waals surface area contributed by atoms with Crippen LogP contribution in [0.25, 0.3) is 0 Å². The summed E-state index contributed by atoms with van der Waals surface area (Å²) < 4.78 is 31.8. The molecule has 168 valence electrons. The van der Waals surface area contributed by atoms with Gasteiger partial charge < -0.3 is 10.1 Å². The zero-order valence-electron chi connectivity index (χ0n) is 18.7. The standard InChI is InChI=1S/C24H32N2O4S/c1-17(2)15-22(19-9-11-21(30-4)12-10-19)25-24(27)20-8-7-18(3)23(16-20)26-13-5-6-14-31(26,28)29/h7-12,16-17,22H,5-6,13-15H2,1-4H3,(H,25,27)/t22-/m1/s1. The Labute approximate surface area is 185 Å². The maximum Gasteiger partial charge on any atom is 0.251 e. The van der Waals surface area contributed by atoms with Gasteiger partial charge in [-0.15, -0.1) is 0 Å². The average molecular weight is 445 g/mol. The minimum absolute atomic E-state index is 0.150. The SMILES string of the molecule is COc1ccc([C@@H](CC(C)C)NC(=O)c2ccc(C)c(N3CCCCS3(=O)=O)c2)cc1. The first-order chi connectivity index (χ1) is 14.7. The molecule has 1 atom stereocenters. The summed E-state index contributed by atoms with van der Waals surface area (Å²) in [4.78, 5) is 13.1. The van der Waals surface area contributed by atoms with Crippen molar-refractivity contribution in [3.05, 3.63) is 59.2 Å². The van der Waals surface area contributed by atoms with Crippen molar-refractivity contribution in [1.82, 2.24) is 5.32 Å². The van der Waals surface area contributed by atoms with E-state index in [-0.39, 0.29) is 17.7 Å². The number of ether oxygens (including phenoxy) is 1. The summed E-state index contributed by atoms with van der Waals surface area (Å²) >= 11 is 0. The Kier molecular flexibility index (Phi) is 7.26. The summed E-state index contributed by atoms with van der Waals surface area (Å²) in [5, 5.41) is 3.14. The quantitative estimate of drug-likeness (QED) is 0.685. The smallest absolute Gasteiger partial charge is 0.251 e. The van der Waals surface area contributed by atoms with Crippen molar-refractivity contribution in [3.8, 4) is 5.75 Å². The molecule has 2 aromatic rings. The number of methoxy groups -OCH3 is 1. The lowest BCUT2D eigenvalue weighted by Crippen LogP contribution is -2.38.